The zero-order valence-electron chi connectivity index (χ0n) is 8.82. The van der Waals surface area contributed by atoms with Crippen LogP contribution in [0, 0.1) is 0 Å². The predicted octanol–water partition coefficient (Wildman–Crippen LogP) is 1.92. The van der Waals surface area contributed by atoms with Gasteiger partial charge in [0.05, 0.1) is 11.2 Å². The van der Waals surface area contributed by atoms with Gasteiger partial charge in [-0.15, -0.1) is 0 Å². The molecule has 1 aromatic heterocycles. The van der Waals surface area contributed by atoms with Crippen LogP contribution in [-0.2, 0) is 6.42 Å². The minimum atomic E-state index is -1.14. The first kappa shape index (κ1) is 10.5. The summed E-state index contributed by atoms with van der Waals surface area (Å²) in [6, 6.07) is 2.85. The van der Waals surface area contributed by atoms with E-state index in [1.54, 1.807) is 0 Å². The second-order valence-corrected chi connectivity index (χ2v) is 3.64. The zero-order chi connectivity index (χ0) is 11.7. The molecule has 1 heterocycles. The van der Waals surface area contributed by atoms with Crippen LogP contribution in [0.15, 0.2) is 12.1 Å². The minimum absolute atomic E-state index is 0.0914. The fourth-order valence-corrected chi connectivity index (χ4v) is 1.71. The molecule has 0 saturated carbocycles. The number of aromatic carboxylic acids is 1. The number of benzene rings is 1. The molecule has 0 aliphatic carbocycles. The second-order valence-electron chi connectivity index (χ2n) is 3.64. The maximum Gasteiger partial charge on any atom is 0.339 e. The van der Waals surface area contributed by atoms with E-state index in [2.05, 4.69) is 10.2 Å². The van der Waals surface area contributed by atoms with Gasteiger partial charge in [0.15, 0.2) is 0 Å². The Morgan fingerprint density at radius 1 is 1.50 bits per heavy atom. The maximum absolute atomic E-state index is 10.9. The van der Waals surface area contributed by atoms with Crippen molar-refractivity contribution >= 4 is 16.9 Å². The number of nitrogens with zero attached hydrogens (tertiary/aromatic N) is 1. The number of aromatic amines is 1. The fraction of sp³-hybridized carbons (Fsp3) is 0.273. The van der Waals surface area contributed by atoms with Crippen molar-refractivity contribution in [1.29, 1.82) is 0 Å². The fourth-order valence-electron chi connectivity index (χ4n) is 1.71. The average Bonchev–Trinajstić information content (AvgIpc) is 2.60. The molecule has 0 radical (unpaired) electrons. The number of carboxylic acids is 1. The van der Waals surface area contributed by atoms with E-state index < -0.39 is 5.97 Å². The number of H-pyrrole nitrogens is 1. The maximum atomic E-state index is 10.9. The quantitative estimate of drug-likeness (QED) is 0.737. The Hall–Kier alpha value is -2.04. The summed E-state index contributed by atoms with van der Waals surface area (Å²) in [5, 5.41) is 26.0. The van der Waals surface area contributed by atoms with E-state index in [1.807, 2.05) is 6.92 Å². The van der Waals surface area contributed by atoms with Crippen molar-refractivity contribution < 1.29 is 15.0 Å². The Bertz CT molecular complexity index is 545. The Balaban J connectivity index is 2.64. The van der Waals surface area contributed by atoms with Crippen molar-refractivity contribution in [2.75, 3.05) is 0 Å². The average molecular weight is 220 g/mol. The Morgan fingerprint density at radius 3 is 2.88 bits per heavy atom. The molecule has 0 aliphatic heterocycles. The molecular weight excluding hydrogens is 208 g/mol. The van der Waals surface area contributed by atoms with Gasteiger partial charge in [-0.1, -0.05) is 13.3 Å². The Labute approximate surface area is 91.7 Å². The molecule has 0 fully saturated rings. The molecule has 3 N–H and O–H groups in total. The van der Waals surface area contributed by atoms with Crippen LogP contribution in [0.5, 0.6) is 5.75 Å². The highest BCUT2D eigenvalue weighted by atomic mass is 16.4. The van der Waals surface area contributed by atoms with Gasteiger partial charge in [0, 0.05) is 11.5 Å². The summed E-state index contributed by atoms with van der Waals surface area (Å²) >= 11 is 0. The molecule has 5 heteroatoms. The van der Waals surface area contributed by atoms with Gasteiger partial charge in [-0.2, -0.15) is 5.10 Å². The number of hydrogen-bond donors (Lipinski definition) is 3. The van der Waals surface area contributed by atoms with Crippen LogP contribution in [-0.4, -0.2) is 26.4 Å². The topological polar surface area (TPSA) is 86.2 Å². The lowest BCUT2D eigenvalue weighted by atomic mass is 10.1. The monoisotopic (exact) mass is 220 g/mol. The van der Waals surface area contributed by atoms with Gasteiger partial charge in [-0.25, -0.2) is 4.79 Å². The molecule has 84 valence electrons. The molecule has 16 heavy (non-hydrogen) atoms. The van der Waals surface area contributed by atoms with Gasteiger partial charge in [-0.3, -0.25) is 5.10 Å². The first-order chi connectivity index (χ1) is 7.63. The van der Waals surface area contributed by atoms with Gasteiger partial charge in [0.25, 0.3) is 0 Å². The number of carbonyl (C=O) groups is 1. The zero-order valence-corrected chi connectivity index (χ0v) is 8.82. The minimum Gasteiger partial charge on any atom is -0.507 e. The largest absolute Gasteiger partial charge is 0.507 e. The van der Waals surface area contributed by atoms with E-state index in [1.165, 1.54) is 12.1 Å². The van der Waals surface area contributed by atoms with Crippen molar-refractivity contribution in [1.82, 2.24) is 10.2 Å². The summed E-state index contributed by atoms with van der Waals surface area (Å²) in [6.45, 7) is 2.03. The van der Waals surface area contributed by atoms with E-state index >= 15 is 0 Å². The molecule has 0 unspecified atom stereocenters. The summed E-state index contributed by atoms with van der Waals surface area (Å²) in [4.78, 5) is 10.9. The molecule has 0 atom stereocenters. The third-order valence-electron chi connectivity index (χ3n) is 2.48. The van der Waals surface area contributed by atoms with Gasteiger partial charge < -0.3 is 10.2 Å². The van der Waals surface area contributed by atoms with Gasteiger partial charge >= 0.3 is 5.97 Å². The van der Waals surface area contributed by atoms with E-state index in [-0.39, 0.29) is 11.3 Å². The first-order valence-electron chi connectivity index (χ1n) is 5.06. The Morgan fingerprint density at radius 2 is 2.25 bits per heavy atom. The molecular formula is C11H12N2O3. The summed E-state index contributed by atoms with van der Waals surface area (Å²) < 4.78 is 0. The number of aromatic nitrogens is 2. The lowest BCUT2D eigenvalue weighted by molar-refractivity contribution is 0.0694. The lowest BCUT2D eigenvalue weighted by Gasteiger charge is -2.00. The first-order valence-corrected chi connectivity index (χ1v) is 5.06. The molecule has 0 spiro atoms. The molecule has 0 amide bonds. The normalized spacial score (nSPS) is 10.8. The SMILES string of the molecule is CCCc1n[nH]c2cc(O)c(C(=O)O)cc12. The number of hydrogen-bond acceptors (Lipinski definition) is 3. The van der Waals surface area contributed by atoms with Gasteiger partial charge in [0.2, 0.25) is 0 Å². The van der Waals surface area contributed by atoms with Crippen LogP contribution in [0.3, 0.4) is 0 Å². The molecule has 0 aliphatic rings. The van der Waals surface area contributed by atoms with Crippen molar-refractivity contribution in [3.63, 3.8) is 0 Å². The van der Waals surface area contributed by atoms with Crippen molar-refractivity contribution in [3.8, 4) is 5.75 Å². The van der Waals surface area contributed by atoms with Crippen LogP contribution < -0.4 is 0 Å². The van der Waals surface area contributed by atoms with Crippen LogP contribution in [0.1, 0.15) is 29.4 Å². The van der Waals surface area contributed by atoms with Crippen LogP contribution in [0.25, 0.3) is 10.9 Å². The molecule has 2 aromatic rings. The summed E-state index contributed by atoms with van der Waals surface area (Å²) in [5.74, 6) is -1.38. The van der Waals surface area contributed by atoms with E-state index in [4.69, 9.17) is 5.11 Å². The van der Waals surface area contributed by atoms with E-state index in [9.17, 15) is 9.90 Å². The number of nitrogens with one attached hydrogen (secondary N) is 1. The number of fused-ring (bicyclic) bond motifs is 1. The standard InChI is InChI=1S/C11H12N2O3/c1-2-3-8-6-4-7(11(15)16)10(14)5-9(6)13-12-8/h4-5,14H,2-3H2,1H3,(H,12,13)(H,15,16). The number of aromatic hydroxyl groups is 1. The smallest absolute Gasteiger partial charge is 0.339 e. The molecule has 1 aromatic carbocycles. The molecule has 0 saturated heterocycles. The molecule has 2 rings (SSSR count). The third kappa shape index (κ3) is 1.60. The second kappa shape index (κ2) is 3.84. The summed E-state index contributed by atoms with van der Waals surface area (Å²) in [5.41, 5.74) is 1.40. The molecule has 5 nitrogen and oxygen atoms in total. The number of rotatable bonds is 3. The van der Waals surface area contributed by atoms with Crippen LogP contribution in [0.2, 0.25) is 0 Å². The van der Waals surface area contributed by atoms with Crippen molar-refractivity contribution in [2.24, 2.45) is 0 Å². The number of carboxylic acid groups (broad SMARTS) is 1. The predicted molar refractivity (Wildman–Crippen MR) is 58.7 cm³/mol. The summed E-state index contributed by atoms with van der Waals surface area (Å²) in [7, 11) is 0. The molecule has 0 bridgehead atoms. The van der Waals surface area contributed by atoms with Crippen LogP contribution in [0.4, 0.5) is 0 Å². The lowest BCUT2D eigenvalue weighted by Crippen LogP contribution is -1.96. The summed E-state index contributed by atoms with van der Waals surface area (Å²) in [6.07, 6.45) is 1.72. The third-order valence-corrected chi connectivity index (χ3v) is 2.48. The van der Waals surface area contributed by atoms with Crippen LogP contribution >= 0.6 is 0 Å². The van der Waals surface area contributed by atoms with Crippen molar-refractivity contribution in [3.05, 3.63) is 23.4 Å². The Kier molecular flexibility index (Phi) is 2.52. The van der Waals surface area contributed by atoms with E-state index in [0.717, 1.165) is 23.9 Å². The number of phenols is 1. The van der Waals surface area contributed by atoms with E-state index in [0.29, 0.717) is 5.52 Å². The highest BCUT2D eigenvalue weighted by Crippen LogP contribution is 2.26. The highest BCUT2D eigenvalue weighted by molar-refractivity contribution is 5.97. The highest BCUT2D eigenvalue weighted by Gasteiger charge is 2.14. The van der Waals surface area contributed by atoms with Crippen molar-refractivity contribution in [2.45, 2.75) is 19.8 Å². The van der Waals surface area contributed by atoms with Gasteiger partial charge in [-0.05, 0) is 12.5 Å². The van der Waals surface area contributed by atoms with Gasteiger partial charge in [0.1, 0.15) is 11.3 Å². The number of aryl methyl sites for hydroxylation is 1.